The van der Waals surface area contributed by atoms with Gasteiger partial charge in [0.1, 0.15) is 23.4 Å². The average molecular weight is 544 g/mol. The molecular formula is C31H31F2N5O2. The van der Waals surface area contributed by atoms with Gasteiger partial charge in [-0.2, -0.15) is 5.10 Å². The molecule has 0 radical (unpaired) electrons. The molecule has 5 aromatic rings. The number of nitrogens with two attached hydrogens (primary N) is 1. The van der Waals surface area contributed by atoms with Gasteiger partial charge >= 0.3 is 5.97 Å². The average Bonchev–Trinajstić information content (AvgIpc) is 3.59. The summed E-state index contributed by atoms with van der Waals surface area (Å²) < 4.78 is 33.4. The van der Waals surface area contributed by atoms with Crippen LogP contribution in [0.5, 0.6) is 0 Å². The van der Waals surface area contributed by atoms with Crippen LogP contribution in [0, 0.1) is 11.6 Å². The Bertz CT molecular complexity index is 1590. The summed E-state index contributed by atoms with van der Waals surface area (Å²) in [6.45, 7) is 2.87. The lowest BCUT2D eigenvalue weighted by Gasteiger charge is -2.24. The Morgan fingerprint density at radius 3 is 2.58 bits per heavy atom. The first-order valence-electron chi connectivity index (χ1n) is 13.2. The number of ether oxygens (including phenoxy) is 1. The summed E-state index contributed by atoms with van der Waals surface area (Å²) in [4.78, 5) is 16.4. The van der Waals surface area contributed by atoms with E-state index in [2.05, 4.69) is 39.6 Å². The van der Waals surface area contributed by atoms with Gasteiger partial charge in [0, 0.05) is 47.9 Å². The zero-order valence-corrected chi connectivity index (χ0v) is 22.1. The number of hydrogen-bond donors (Lipinski definition) is 4. The number of carbonyl (C=O) groups is 1. The molecule has 0 bridgehead atoms. The van der Waals surface area contributed by atoms with Gasteiger partial charge in [-0.05, 0) is 53.8 Å². The lowest BCUT2D eigenvalue weighted by molar-refractivity contribution is 0.0231. The Labute approximate surface area is 230 Å². The van der Waals surface area contributed by atoms with Gasteiger partial charge in [-0.1, -0.05) is 49.4 Å². The van der Waals surface area contributed by atoms with Crippen LogP contribution >= 0.6 is 0 Å². The molecule has 9 heteroatoms. The largest absolute Gasteiger partial charge is 0.455 e. The third kappa shape index (κ3) is 6.44. The standard InChI is InChI=1S/C31H31F2N5O2/c1-2-19-6-5-7-20(10-19)16-35-18-30(26(34)13-21-11-22(32)14-23(33)12-21)40-31(39)29-15-28(37-38-29)25-17-36-27-9-4-3-8-24(25)27/h3-12,14-15,17,26,30,35-36H,2,13,16,18,34H2,1H3,(H,37,38)/t26-,30+/m0/s1. The molecule has 2 heterocycles. The van der Waals surface area contributed by atoms with Crippen molar-refractivity contribution in [1.29, 1.82) is 0 Å². The Kier molecular flexibility index (Phi) is 8.33. The topological polar surface area (TPSA) is 109 Å². The highest BCUT2D eigenvalue weighted by molar-refractivity contribution is 5.96. The second-order valence-electron chi connectivity index (χ2n) is 9.81. The van der Waals surface area contributed by atoms with E-state index >= 15 is 0 Å². The number of fused-ring (bicyclic) bond motifs is 1. The molecule has 5 rings (SSSR count). The molecule has 0 saturated carbocycles. The highest BCUT2D eigenvalue weighted by atomic mass is 19.1. The third-order valence-electron chi connectivity index (χ3n) is 6.87. The molecule has 0 saturated heterocycles. The van der Waals surface area contributed by atoms with E-state index in [1.807, 2.05) is 42.6 Å². The van der Waals surface area contributed by atoms with E-state index in [1.165, 1.54) is 17.7 Å². The van der Waals surface area contributed by atoms with Crippen molar-refractivity contribution in [2.24, 2.45) is 5.73 Å². The number of rotatable bonds is 11. The normalized spacial score (nSPS) is 12.9. The second kappa shape index (κ2) is 12.2. The molecule has 0 aliphatic heterocycles. The predicted molar refractivity (Wildman–Crippen MR) is 151 cm³/mol. The van der Waals surface area contributed by atoms with Gasteiger partial charge in [0.25, 0.3) is 0 Å². The quantitative estimate of drug-likeness (QED) is 0.170. The fourth-order valence-electron chi connectivity index (χ4n) is 4.78. The molecule has 0 aliphatic rings. The van der Waals surface area contributed by atoms with E-state index in [9.17, 15) is 13.6 Å². The van der Waals surface area contributed by atoms with E-state index in [0.29, 0.717) is 17.8 Å². The summed E-state index contributed by atoms with van der Waals surface area (Å²) in [6, 6.07) is 20.2. The summed E-state index contributed by atoms with van der Waals surface area (Å²) in [5, 5.41) is 11.4. The van der Waals surface area contributed by atoms with Gasteiger partial charge in [0.05, 0.1) is 5.69 Å². The number of halogens is 2. The number of aromatic nitrogens is 3. The van der Waals surface area contributed by atoms with Crippen molar-refractivity contribution >= 4 is 16.9 Å². The molecule has 5 N–H and O–H groups in total. The van der Waals surface area contributed by atoms with Crippen LogP contribution in [0.1, 0.15) is 34.1 Å². The smallest absolute Gasteiger partial charge is 0.356 e. The van der Waals surface area contributed by atoms with Crippen LogP contribution in [0.15, 0.2) is 79.0 Å². The van der Waals surface area contributed by atoms with Gasteiger partial charge in [0.2, 0.25) is 0 Å². The van der Waals surface area contributed by atoms with E-state index in [4.69, 9.17) is 10.5 Å². The number of aromatic amines is 2. The van der Waals surface area contributed by atoms with E-state index in [0.717, 1.165) is 34.5 Å². The number of nitrogens with zero attached hydrogens (tertiary/aromatic N) is 1. The molecule has 0 unspecified atom stereocenters. The van der Waals surface area contributed by atoms with Crippen LogP contribution in [0.4, 0.5) is 8.78 Å². The van der Waals surface area contributed by atoms with Crippen LogP contribution in [0.25, 0.3) is 22.2 Å². The minimum Gasteiger partial charge on any atom is -0.455 e. The highest BCUT2D eigenvalue weighted by Crippen LogP contribution is 2.27. The van der Waals surface area contributed by atoms with Crippen molar-refractivity contribution in [3.63, 3.8) is 0 Å². The molecule has 3 aromatic carbocycles. The minimum atomic E-state index is -0.784. The summed E-state index contributed by atoms with van der Waals surface area (Å²) in [7, 11) is 0. The summed E-state index contributed by atoms with van der Waals surface area (Å²) in [6.07, 6.45) is 2.09. The molecular weight excluding hydrogens is 512 g/mol. The van der Waals surface area contributed by atoms with Gasteiger partial charge in [-0.25, -0.2) is 13.6 Å². The SMILES string of the molecule is CCc1cccc(CNC[C@@H](OC(=O)c2cc(-c3c[nH]c4ccccc34)n[nH]2)[C@@H](N)Cc2cc(F)cc(F)c2)c1. The fourth-order valence-corrected chi connectivity index (χ4v) is 4.78. The summed E-state index contributed by atoms with van der Waals surface area (Å²) in [5.74, 6) is -2.00. The minimum absolute atomic E-state index is 0.114. The molecule has 7 nitrogen and oxygen atoms in total. The molecule has 0 fully saturated rings. The first-order chi connectivity index (χ1) is 19.4. The maximum Gasteiger partial charge on any atom is 0.356 e. The second-order valence-corrected chi connectivity index (χ2v) is 9.81. The van der Waals surface area contributed by atoms with Crippen LogP contribution in [-0.4, -0.2) is 39.8 Å². The van der Waals surface area contributed by atoms with Crippen molar-refractivity contribution in [2.45, 2.75) is 38.5 Å². The van der Waals surface area contributed by atoms with Gasteiger partial charge in [-0.15, -0.1) is 0 Å². The zero-order valence-electron chi connectivity index (χ0n) is 22.1. The number of nitrogens with one attached hydrogen (secondary N) is 3. The van der Waals surface area contributed by atoms with Crippen molar-refractivity contribution in [1.82, 2.24) is 20.5 Å². The maximum absolute atomic E-state index is 13.8. The van der Waals surface area contributed by atoms with E-state index in [1.54, 1.807) is 6.07 Å². The monoisotopic (exact) mass is 543 g/mol. The van der Waals surface area contributed by atoms with Crippen LogP contribution in [-0.2, 0) is 24.1 Å². The van der Waals surface area contributed by atoms with Crippen molar-refractivity contribution in [3.8, 4) is 11.3 Å². The summed E-state index contributed by atoms with van der Waals surface area (Å²) >= 11 is 0. The van der Waals surface area contributed by atoms with E-state index in [-0.39, 0.29) is 18.7 Å². The molecule has 2 atom stereocenters. The third-order valence-corrected chi connectivity index (χ3v) is 6.87. The van der Waals surface area contributed by atoms with Gasteiger partial charge in [0.15, 0.2) is 0 Å². The molecule has 0 aliphatic carbocycles. The number of hydrogen-bond acceptors (Lipinski definition) is 5. The fraction of sp³-hybridized carbons (Fsp3) is 0.226. The number of benzene rings is 3. The number of H-pyrrole nitrogens is 2. The van der Waals surface area contributed by atoms with Gasteiger partial charge in [-0.3, -0.25) is 5.10 Å². The number of aryl methyl sites for hydroxylation is 1. The first kappa shape index (κ1) is 27.2. The van der Waals surface area contributed by atoms with Crippen molar-refractivity contribution in [3.05, 3.63) is 113 Å². The summed E-state index contributed by atoms with van der Waals surface area (Å²) in [5.41, 5.74) is 11.7. The van der Waals surface area contributed by atoms with Crippen molar-refractivity contribution in [2.75, 3.05) is 6.54 Å². The number of para-hydroxylation sites is 1. The van der Waals surface area contributed by atoms with Crippen molar-refractivity contribution < 1.29 is 18.3 Å². The number of esters is 1. The first-order valence-corrected chi connectivity index (χ1v) is 13.2. The Balaban J connectivity index is 1.31. The Morgan fingerprint density at radius 1 is 1.00 bits per heavy atom. The lowest BCUT2D eigenvalue weighted by Crippen LogP contribution is -2.46. The maximum atomic E-state index is 13.8. The molecule has 40 heavy (non-hydrogen) atoms. The zero-order chi connectivity index (χ0) is 28.1. The van der Waals surface area contributed by atoms with Crippen LogP contribution in [0.2, 0.25) is 0 Å². The van der Waals surface area contributed by atoms with Crippen LogP contribution in [0.3, 0.4) is 0 Å². The molecule has 0 amide bonds. The number of carbonyl (C=O) groups excluding carboxylic acids is 1. The van der Waals surface area contributed by atoms with Gasteiger partial charge < -0.3 is 20.8 Å². The van der Waals surface area contributed by atoms with Crippen LogP contribution < -0.4 is 11.1 Å². The van der Waals surface area contributed by atoms with E-state index < -0.39 is 29.7 Å². The lowest BCUT2D eigenvalue weighted by atomic mass is 10.0. The highest BCUT2D eigenvalue weighted by Gasteiger charge is 2.25. The molecule has 0 spiro atoms. The molecule has 2 aromatic heterocycles. The predicted octanol–water partition coefficient (Wildman–Crippen LogP) is 5.28. The Morgan fingerprint density at radius 2 is 1.77 bits per heavy atom. The molecule has 206 valence electrons. The Hall–Kier alpha value is -4.34.